The second kappa shape index (κ2) is 9.88. The van der Waals surface area contributed by atoms with Crippen LogP contribution in [0.1, 0.15) is 74.5 Å². The van der Waals surface area contributed by atoms with Crippen LogP contribution in [0.25, 0.3) is 11.2 Å². The highest BCUT2D eigenvalue weighted by Gasteiger charge is 2.50. The normalized spacial score (nSPS) is 21.0. The molecule has 1 unspecified atom stereocenters. The number of alkyl halides is 2. The Labute approximate surface area is 224 Å². The van der Waals surface area contributed by atoms with Crippen LogP contribution in [0.5, 0.6) is 0 Å². The van der Waals surface area contributed by atoms with E-state index in [9.17, 15) is 23.5 Å². The molecule has 1 amide bonds. The van der Waals surface area contributed by atoms with Gasteiger partial charge in [0.15, 0.2) is 5.65 Å². The van der Waals surface area contributed by atoms with Crippen LogP contribution in [-0.2, 0) is 21.6 Å². The first kappa shape index (κ1) is 25.7. The Kier molecular flexibility index (Phi) is 6.51. The quantitative estimate of drug-likeness (QED) is 0.313. The molecule has 0 spiro atoms. The number of nitrogens with one attached hydrogen (secondary N) is 2. The molecule has 8 nitrogen and oxygen atoms in total. The second-order valence-corrected chi connectivity index (χ2v) is 11.4. The summed E-state index contributed by atoms with van der Waals surface area (Å²) in [4.78, 5) is 37.8. The molecule has 10 heteroatoms. The Morgan fingerprint density at radius 3 is 2.28 bits per heavy atom. The largest absolute Gasteiger partial charge is 0.481 e. The van der Waals surface area contributed by atoms with Crippen LogP contribution >= 0.6 is 0 Å². The van der Waals surface area contributed by atoms with Crippen molar-refractivity contribution in [2.75, 3.05) is 0 Å². The van der Waals surface area contributed by atoms with Gasteiger partial charge in [0.25, 0.3) is 0 Å². The molecule has 3 aromatic rings. The number of H-pyrrole nitrogens is 1. The average molecular weight is 539 g/mol. The van der Waals surface area contributed by atoms with E-state index in [1.807, 2.05) is 30.3 Å². The summed E-state index contributed by atoms with van der Waals surface area (Å²) in [6, 6.07) is 12.4. The van der Waals surface area contributed by atoms with Crippen LogP contribution < -0.4 is 5.32 Å². The molecular weight excluding hydrogens is 506 g/mol. The molecule has 0 bridgehead atoms. The summed E-state index contributed by atoms with van der Waals surface area (Å²) in [6.07, 6.45) is 2.53. The lowest BCUT2D eigenvalue weighted by Crippen LogP contribution is -2.43. The highest BCUT2D eigenvalue weighted by Crippen LogP contribution is 2.54. The van der Waals surface area contributed by atoms with Crippen molar-refractivity contribution in [3.05, 3.63) is 59.5 Å². The van der Waals surface area contributed by atoms with Crippen molar-refractivity contribution < 1.29 is 28.2 Å². The maximum absolute atomic E-state index is 13.9. The third-order valence-electron chi connectivity index (χ3n) is 8.60. The molecule has 0 saturated heterocycles. The minimum absolute atomic E-state index is 0.151. The fraction of sp³-hybridized carbons (Fsp3) is 0.517. The van der Waals surface area contributed by atoms with E-state index < -0.39 is 42.3 Å². The molecule has 0 aliphatic heterocycles. The molecule has 3 aliphatic carbocycles. The van der Waals surface area contributed by atoms with E-state index in [1.54, 1.807) is 12.1 Å². The number of amides is 1. The van der Waals surface area contributed by atoms with E-state index in [4.69, 9.17) is 9.72 Å². The Morgan fingerprint density at radius 1 is 1.00 bits per heavy atom. The van der Waals surface area contributed by atoms with Crippen LogP contribution in [0.4, 0.5) is 13.6 Å². The first-order chi connectivity index (χ1) is 18.7. The van der Waals surface area contributed by atoms with Gasteiger partial charge in [0.1, 0.15) is 17.8 Å². The van der Waals surface area contributed by atoms with Gasteiger partial charge in [-0.05, 0) is 74.0 Å². The molecular formula is C29H32F2N4O4. The predicted molar refractivity (Wildman–Crippen MR) is 138 cm³/mol. The summed E-state index contributed by atoms with van der Waals surface area (Å²) in [6.45, 7) is 0.151. The first-order valence-electron chi connectivity index (χ1n) is 13.7. The Morgan fingerprint density at radius 2 is 1.67 bits per heavy atom. The number of carbonyl (C=O) groups is 2. The van der Waals surface area contributed by atoms with Crippen molar-refractivity contribution in [3.63, 3.8) is 0 Å². The number of carbonyl (C=O) groups excluding carboxylic acids is 1. The summed E-state index contributed by atoms with van der Waals surface area (Å²) in [5.41, 5.74) is 0.570. The van der Waals surface area contributed by atoms with Gasteiger partial charge >= 0.3 is 12.1 Å². The number of benzene rings is 1. The van der Waals surface area contributed by atoms with Crippen LogP contribution in [0.3, 0.4) is 0 Å². The molecule has 1 aromatic carbocycles. The van der Waals surface area contributed by atoms with Crippen LogP contribution in [-0.4, -0.2) is 38.0 Å². The number of carboxylic acid groups (broad SMARTS) is 1. The molecule has 3 saturated carbocycles. The van der Waals surface area contributed by atoms with Gasteiger partial charge in [-0.3, -0.25) is 4.79 Å². The highest BCUT2D eigenvalue weighted by molar-refractivity contribution is 5.82. The topological polar surface area (TPSA) is 117 Å². The standard InChI is InChI=1S/C29H32F2N4O4/c30-29(31)14-12-28(13-15-29,26(36)37)21-11-10-20-24(33-21)35-25(32-20)23(22(18-6-7-18)19-8-9-19)34-27(38)39-16-17-4-2-1-3-5-17/h1-5,10-11,18-19,22-23H,6-9,12-16H2,(H,34,38)(H,36,37)(H,32,33,35). The molecule has 206 valence electrons. The number of aliphatic carboxylic acids is 1. The zero-order valence-electron chi connectivity index (χ0n) is 21.5. The number of aromatic amines is 1. The summed E-state index contributed by atoms with van der Waals surface area (Å²) in [5, 5.41) is 13.1. The number of nitrogens with zero attached hydrogens (tertiary/aromatic N) is 2. The zero-order chi connectivity index (χ0) is 27.2. The summed E-state index contributed by atoms with van der Waals surface area (Å²) >= 11 is 0. The van der Waals surface area contributed by atoms with Crippen molar-refractivity contribution in [3.8, 4) is 0 Å². The second-order valence-electron chi connectivity index (χ2n) is 11.4. The number of ether oxygens (including phenoxy) is 1. The molecule has 3 fully saturated rings. The monoisotopic (exact) mass is 538 g/mol. The highest BCUT2D eigenvalue weighted by atomic mass is 19.3. The van der Waals surface area contributed by atoms with Crippen molar-refractivity contribution >= 4 is 23.2 Å². The molecule has 2 heterocycles. The minimum atomic E-state index is -2.86. The Balaban J connectivity index is 1.28. The number of aromatic nitrogens is 3. The van der Waals surface area contributed by atoms with Gasteiger partial charge < -0.3 is 20.1 Å². The molecule has 3 N–H and O–H groups in total. The van der Waals surface area contributed by atoms with E-state index in [2.05, 4.69) is 15.3 Å². The number of hydrogen-bond acceptors (Lipinski definition) is 5. The molecule has 3 aliphatic rings. The number of fused-ring (bicyclic) bond motifs is 1. The molecule has 0 radical (unpaired) electrons. The van der Waals surface area contributed by atoms with E-state index >= 15 is 0 Å². The number of halogens is 2. The third kappa shape index (κ3) is 5.33. The zero-order valence-corrected chi connectivity index (χ0v) is 21.5. The lowest BCUT2D eigenvalue weighted by molar-refractivity contribution is -0.149. The molecule has 39 heavy (non-hydrogen) atoms. The van der Waals surface area contributed by atoms with Gasteiger partial charge in [0, 0.05) is 12.8 Å². The van der Waals surface area contributed by atoms with Gasteiger partial charge in [-0.1, -0.05) is 30.3 Å². The summed E-state index contributed by atoms with van der Waals surface area (Å²) < 4.78 is 33.3. The molecule has 6 rings (SSSR count). The number of alkyl carbamates (subject to hydrolysis) is 1. The van der Waals surface area contributed by atoms with Crippen molar-refractivity contribution in [1.82, 2.24) is 20.3 Å². The van der Waals surface area contributed by atoms with E-state index in [-0.39, 0.29) is 31.1 Å². The molecule has 1 atom stereocenters. The van der Waals surface area contributed by atoms with Gasteiger partial charge in [-0.2, -0.15) is 0 Å². The SMILES string of the molecule is O=C(NC(c1nc2nc(C3(C(=O)O)CCC(F)(F)CC3)ccc2[nH]1)C(C1CC1)C1CC1)OCc1ccccc1. The van der Waals surface area contributed by atoms with Crippen LogP contribution in [0.15, 0.2) is 42.5 Å². The Bertz CT molecular complexity index is 1350. The fourth-order valence-corrected chi connectivity index (χ4v) is 6.08. The predicted octanol–water partition coefficient (Wildman–Crippen LogP) is 5.89. The first-order valence-corrected chi connectivity index (χ1v) is 13.7. The van der Waals surface area contributed by atoms with Gasteiger partial charge in [0.05, 0.1) is 17.3 Å². The van der Waals surface area contributed by atoms with Gasteiger partial charge in [0.2, 0.25) is 5.92 Å². The van der Waals surface area contributed by atoms with Crippen LogP contribution in [0.2, 0.25) is 0 Å². The smallest absolute Gasteiger partial charge is 0.408 e. The van der Waals surface area contributed by atoms with Crippen molar-refractivity contribution in [1.29, 1.82) is 0 Å². The maximum Gasteiger partial charge on any atom is 0.408 e. The number of imidazole rings is 1. The Hall–Kier alpha value is -3.56. The number of hydrogen-bond donors (Lipinski definition) is 3. The maximum atomic E-state index is 13.9. The number of rotatable bonds is 9. The van der Waals surface area contributed by atoms with Gasteiger partial charge in [-0.25, -0.2) is 23.5 Å². The summed E-state index contributed by atoms with van der Waals surface area (Å²) in [5.74, 6) is -2.27. The average Bonchev–Trinajstić information content (AvgIpc) is 3.86. The fourth-order valence-electron chi connectivity index (χ4n) is 6.08. The van der Waals surface area contributed by atoms with E-state index in [1.165, 1.54) is 0 Å². The number of pyridine rings is 1. The van der Waals surface area contributed by atoms with Gasteiger partial charge in [-0.15, -0.1) is 0 Å². The van der Waals surface area contributed by atoms with Crippen molar-refractivity contribution in [2.45, 2.75) is 75.4 Å². The lowest BCUT2D eigenvalue weighted by atomic mass is 9.70. The number of carboxylic acids is 1. The van der Waals surface area contributed by atoms with Crippen molar-refractivity contribution in [2.24, 2.45) is 17.8 Å². The van der Waals surface area contributed by atoms with Crippen LogP contribution in [0, 0.1) is 17.8 Å². The van der Waals surface area contributed by atoms with E-state index in [0.29, 0.717) is 28.8 Å². The molecule has 2 aromatic heterocycles. The third-order valence-corrected chi connectivity index (χ3v) is 8.60. The summed E-state index contributed by atoms with van der Waals surface area (Å²) in [7, 11) is 0. The minimum Gasteiger partial charge on any atom is -0.481 e. The lowest BCUT2D eigenvalue weighted by Gasteiger charge is -2.36. The van der Waals surface area contributed by atoms with E-state index in [0.717, 1.165) is 31.2 Å².